The number of benzene rings is 1. The van der Waals surface area contributed by atoms with E-state index in [9.17, 15) is 0 Å². The minimum Gasteiger partial charge on any atom is -0.345 e. The Balaban J connectivity index is 1.71. The topological polar surface area (TPSA) is 58.9 Å². The summed E-state index contributed by atoms with van der Waals surface area (Å²) in [5.74, 6) is 0. The summed E-state index contributed by atoms with van der Waals surface area (Å²) in [5, 5.41) is 5.72. The quantitative estimate of drug-likeness (QED) is 0.528. The summed E-state index contributed by atoms with van der Waals surface area (Å²) in [4.78, 5) is 12.1. The van der Waals surface area contributed by atoms with Gasteiger partial charge in [0.1, 0.15) is 5.65 Å². The Hall–Kier alpha value is -3.47. The van der Waals surface area contributed by atoms with Crippen molar-refractivity contribution in [1.29, 1.82) is 0 Å². The first-order valence-corrected chi connectivity index (χ1v) is 8.13. The summed E-state index contributed by atoms with van der Waals surface area (Å²) >= 11 is 0. The Morgan fingerprint density at radius 3 is 2.84 bits per heavy atom. The summed E-state index contributed by atoms with van der Waals surface area (Å²) < 4.78 is 1.78. The van der Waals surface area contributed by atoms with Crippen molar-refractivity contribution < 1.29 is 0 Å². The van der Waals surface area contributed by atoms with Gasteiger partial charge in [-0.25, -0.2) is 14.5 Å². The third-order valence-electron chi connectivity index (χ3n) is 4.52. The molecule has 0 unspecified atom stereocenters. The number of hydrogen-bond acceptors (Lipinski definition) is 3. The van der Waals surface area contributed by atoms with Crippen molar-refractivity contribution >= 4 is 16.7 Å². The van der Waals surface area contributed by atoms with Crippen LogP contribution in [-0.4, -0.2) is 24.6 Å². The third-order valence-corrected chi connectivity index (χ3v) is 4.52. The zero-order valence-electron chi connectivity index (χ0n) is 13.6. The zero-order valence-corrected chi connectivity index (χ0v) is 13.6. The normalized spacial score (nSPS) is 11.4. The van der Waals surface area contributed by atoms with Crippen molar-refractivity contribution in [2.45, 2.75) is 6.92 Å². The number of aromatic amines is 1. The van der Waals surface area contributed by atoms with Crippen LogP contribution in [0.5, 0.6) is 0 Å². The molecule has 0 saturated heterocycles. The van der Waals surface area contributed by atoms with Crippen molar-refractivity contribution in [1.82, 2.24) is 24.6 Å². The largest absolute Gasteiger partial charge is 0.345 e. The lowest BCUT2D eigenvalue weighted by atomic mass is 10.0. The van der Waals surface area contributed by atoms with Crippen molar-refractivity contribution in [2.75, 3.05) is 0 Å². The molecule has 5 aromatic rings. The maximum atomic E-state index is 4.65. The van der Waals surface area contributed by atoms with E-state index >= 15 is 0 Å². The summed E-state index contributed by atoms with van der Waals surface area (Å²) in [5.41, 5.74) is 7.16. The van der Waals surface area contributed by atoms with Gasteiger partial charge in [-0.15, -0.1) is 0 Å². The van der Waals surface area contributed by atoms with Gasteiger partial charge in [-0.05, 0) is 36.2 Å². The van der Waals surface area contributed by atoms with E-state index in [2.05, 4.69) is 57.3 Å². The second-order valence-corrected chi connectivity index (χ2v) is 6.09. The SMILES string of the molecule is Cc1ccccc1-c1cnc2[nH]cc(-c3ccc4nccn4n3)c2c1. The molecule has 0 atom stereocenters. The fourth-order valence-electron chi connectivity index (χ4n) is 3.22. The molecule has 0 saturated carbocycles. The van der Waals surface area contributed by atoms with E-state index in [-0.39, 0.29) is 0 Å². The predicted octanol–water partition coefficient (Wildman–Crippen LogP) is 4.25. The molecule has 0 amide bonds. The summed E-state index contributed by atoms with van der Waals surface area (Å²) in [7, 11) is 0. The highest BCUT2D eigenvalue weighted by Gasteiger charge is 2.11. The highest BCUT2D eigenvalue weighted by atomic mass is 15.2. The molecule has 5 nitrogen and oxygen atoms in total. The minimum absolute atomic E-state index is 0.835. The number of imidazole rings is 1. The van der Waals surface area contributed by atoms with Crippen LogP contribution in [0.4, 0.5) is 0 Å². The first-order chi connectivity index (χ1) is 12.3. The van der Waals surface area contributed by atoms with Crippen LogP contribution in [0.1, 0.15) is 5.56 Å². The second kappa shape index (κ2) is 5.27. The number of rotatable bonds is 2. The minimum atomic E-state index is 0.835. The van der Waals surface area contributed by atoms with Gasteiger partial charge in [0.05, 0.1) is 5.69 Å². The molecule has 0 aliphatic carbocycles. The van der Waals surface area contributed by atoms with Gasteiger partial charge in [0.2, 0.25) is 0 Å². The number of hydrogen-bond donors (Lipinski definition) is 1. The molecular weight excluding hydrogens is 310 g/mol. The lowest BCUT2D eigenvalue weighted by molar-refractivity contribution is 0.943. The standard InChI is InChI=1S/C20H15N5/c1-13-4-2-3-5-15(13)14-10-16-17(12-23-20(16)22-11-14)18-6-7-19-21-8-9-25(19)24-18/h2-12H,1H3,(H,22,23). The van der Waals surface area contributed by atoms with Crippen LogP contribution in [0, 0.1) is 6.92 Å². The molecule has 120 valence electrons. The Kier molecular flexibility index (Phi) is 2.94. The zero-order chi connectivity index (χ0) is 16.8. The second-order valence-electron chi connectivity index (χ2n) is 6.09. The molecule has 25 heavy (non-hydrogen) atoms. The van der Waals surface area contributed by atoms with Gasteiger partial charge >= 0.3 is 0 Å². The van der Waals surface area contributed by atoms with Gasteiger partial charge in [0.15, 0.2) is 5.65 Å². The Morgan fingerprint density at radius 1 is 1.00 bits per heavy atom. The number of aromatic nitrogens is 5. The molecule has 0 fully saturated rings. The fourth-order valence-corrected chi connectivity index (χ4v) is 3.22. The number of aryl methyl sites for hydroxylation is 1. The number of fused-ring (bicyclic) bond motifs is 2. The van der Waals surface area contributed by atoms with Gasteiger partial charge in [0, 0.05) is 41.3 Å². The molecule has 0 aliphatic heterocycles. The molecule has 1 N–H and O–H groups in total. The molecule has 1 aromatic carbocycles. The maximum absolute atomic E-state index is 4.65. The van der Waals surface area contributed by atoms with E-state index in [1.165, 1.54) is 11.1 Å². The lowest BCUT2D eigenvalue weighted by Gasteiger charge is -2.06. The Labute approximate surface area is 144 Å². The van der Waals surface area contributed by atoms with Gasteiger partial charge < -0.3 is 4.98 Å². The van der Waals surface area contributed by atoms with E-state index in [0.29, 0.717) is 0 Å². The monoisotopic (exact) mass is 325 g/mol. The maximum Gasteiger partial charge on any atom is 0.153 e. The predicted molar refractivity (Wildman–Crippen MR) is 98.2 cm³/mol. The van der Waals surface area contributed by atoms with E-state index in [4.69, 9.17) is 0 Å². The highest BCUT2D eigenvalue weighted by Crippen LogP contribution is 2.31. The van der Waals surface area contributed by atoms with E-state index in [1.807, 2.05) is 30.7 Å². The lowest BCUT2D eigenvalue weighted by Crippen LogP contribution is -1.92. The average molecular weight is 325 g/mol. The van der Waals surface area contributed by atoms with E-state index in [0.717, 1.165) is 33.5 Å². The smallest absolute Gasteiger partial charge is 0.153 e. The van der Waals surface area contributed by atoms with E-state index in [1.54, 1.807) is 10.7 Å². The molecule has 0 spiro atoms. The van der Waals surface area contributed by atoms with Crippen LogP contribution in [0.3, 0.4) is 0 Å². The van der Waals surface area contributed by atoms with Crippen LogP contribution < -0.4 is 0 Å². The highest BCUT2D eigenvalue weighted by molar-refractivity contribution is 5.95. The molecule has 5 heteroatoms. The van der Waals surface area contributed by atoms with Gasteiger partial charge in [-0.2, -0.15) is 5.10 Å². The molecule has 0 aliphatic rings. The number of pyridine rings is 1. The van der Waals surface area contributed by atoms with Crippen LogP contribution in [0.25, 0.3) is 39.1 Å². The molecule has 4 aromatic heterocycles. The van der Waals surface area contributed by atoms with Crippen molar-refractivity contribution in [3.63, 3.8) is 0 Å². The van der Waals surface area contributed by atoms with Crippen LogP contribution in [0.15, 0.2) is 67.3 Å². The van der Waals surface area contributed by atoms with Crippen LogP contribution in [-0.2, 0) is 0 Å². The first kappa shape index (κ1) is 13.9. The summed E-state index contributed by atoms with van der Waals surface area (Å²) in [6.07, 6.45) is 7.48. The molecule has 5 rings (SSSR count). The van der Waals surface area contributed by atoms with E-state index < -0.39 is 0 Å². The number of nitrogens with one attached hydrogen (secondary N) is 1. The Morgan fingerprint density at radius 2 is 1.92 bits per heavy atom. The summed E-state index contributed by atoms with van der Waals surface area (Å²) in [6, 6.07) is 14.5. The van der Waals surface area contributed by atoms with Crippen molar-refractivity contribution in [3.8, 4) is 22.4 Å². The van der Waals surface area contributed by atoms with Gasteiger partial charge in [0.25, 0.3) is 0 Å². The molecule has 4 heterocycles. The van der Waals surface area contributed by atoms with Gasteiger partial charge in [-0.3, -0.25) is 0 Å². The molecular formula is C20H15N5. The third kappa shape index (κ3) is 2.21. The van der Waals surface area contributed by atoms with Crippen molar-refractivity contribution in [2.24, 2.45) is 0 Å². The Bertz CT molecular complexity index is 1220. The number of H-pyrrole nitrogens is 1. The van der Waals surface area contributed by atoms with Crippen LogP contribution in [0.2, 0.25) is 0 Å². The summed E-state index contributed by atoms with van der Waals surface area (Å²) in [6.45, 7) is 2.12. The van der Waals surface area contributed by atoms with Crippen LogP contribution >= 0.6 is 0 Å². The molecule has 0 radical (unpaired) electrons. The first-order valence-electron chi connectivity index (χ1n) is 8.13. The molecule has 0 bridgehead atoms. The fraction of sp³-hybridized carbons (Fsp3) is 0.0500. The number of nitrogens with zero attached hydrogens (tertiary/aromatic N) is 4. The average Bonchev–Trinajstić information content (AvgIpc) is 3.27. The van der Waals surface area contributed by atoms with Crippen molar-refractivity contribution in [3.05, 3.63) is 72.8 Å². The van der Waals surface area contributed by atoms with Gasteiger partial charge in [-0.1, -0.05) is 24.3 Å².